The summed E-state index contributed by atoms with van der Waals surface area (Å²) in [6.07, 6.45) is -0.864. The van der Waals surface area contributed by atoms with Crippen molar-refractivity contribution in [2.75, 3.05) is 5.32 Å². The smallest absolute Gasteiger partial charge is 0.387 e. The molecular weight excluding hydrogens is 383 g/mol. The summed E-state index contributed by atoms with van der Waals surface area (Å²) in [6, 6.07) is 10.9. The zero-order valence-corrected chi connectivity index (χ0v) is 14.9. The van der Waals surface area contributed by atoms with Crippen molar-refractivity contribution in [2.24, 2.45) is 0 Å². The van der Waals surface area contributed by atoms with E-state index in [2.05, 4.69) is 20.9 Å². The van der Waals surface area contributed by atoms with Crippen LogP contribution in [0.1, 0.15) is 6.92 Å². The summed E-state index contributed by atoms with van der Waals surface area (Å²) in [4.78, 5) is 12.0. The number of hydrogen-bond donors (Lipinski definition) is 3. The van der Waals surface area contributed by atoms with Crippen LogP contribution in [0.15, 0.2) is 48.5 Å². The minimum atomic E-state index is -2.90. The quantitative estimate of drug-likeness (QED) is 0.512. The lowest BCUT2D eigenvalue weighted by Gasteiger charge is -2.16. The summed E-state index contributed by atoms with van der Waals surface area (Å²) in [7, 11) is 0. The lowest BCUT2D eigenvalue weighted by molar-refractivity contribution is -0.127. The van der Waals surface area contributed by atoms with Crippen molar-refractivity contribution in [1.82, 2.24) is 10.9 Å². The molecule has 2 aromatic rings. The van der Waals surface area contributed by atoms with E-state index in [0.29, 0.717) is 11.4 Å². The van der Waals surface area contributed by atoms with E-state index >= 15 is 0 Å². The summed E-state index contributed by atoms with van der Waals surface area (Å²) in [6.45, 7) is -1.39. The molecule has 2 rings (SSSR count). The second-order valence-corrected chi connectivity index (χ2v) is 5.59. The van der Waals surface area contributed by atoms with Gasteiger partial charge < -0.3 is 14.8 Å². The Hall–Kier alpha value is -3.01. The molecule has 0 aliphatic heterocycles. The van der Waals surface area contributed by atoms with Crippen LogP contribution in [0, 0.1) is 5.82 Å². The van der Waals surface area contributed by atoms with Crippen LogP contribution in [0.3, 0.4) is 0 Å². The highest BCUT2D eigenvalue weighted by Crippen LogP contribution is 2.17. The molecule has 0 spiro atoms. The first-order chi connectivity index (χ1) is 12.8. The zero-order chi connectivity index (χ0) is 19.8. The van der Waals surface area contributed by atoms with Gasteiger partial charge in [-0.1, -0.05) is 0 Å². The second-order valence-electron chi connectivity index (χ2n) is 5.19. The molecule has 0 radical (unpaired) electrons. The molecule has 0 aliphatic rings. The fourth-order valence-electron chi connectivity index (χ4n) is 1.87. The van der Waals surface area contributed by atoms with Crippen molar-refractivity contribution in [3.05, 3.63) is 54.3 Å². The number of amides is 1. The van der Waals surface area contributed by atoms with Crippen LogP contribution in [-0.2, 0) is 4.79 Å². The van der Waals surface area contributed by atoms with Gasteiger partial charge in [-0.25, -0.2) is 4.39 Å². The number of anilines is 1. The summed E-state index contributed by atoms with van der Waals surface area (Å²) in [5.41, 5.74) is 5.34. The molecule has 0 saturated heterocycles. The van der Waals surface area contributed by atoms with E-state index in [9.17, 15) is 18.0 Å². The first-order valence-electron chi connectivity index (χ1n) is 7.67. The predicted octanol–water partition coefficient (Wildman–Crippen LogP) is 3.21. The first kappa shape index (κ1) is 20.3. The maximum atomic E-state index is 12.8. The Morgan fingerprint density at radius 1 is 0.963 bits per heavy atom. The third-order valence-electron chi connectivity index (χ3n) is 3.13. The maximum absolute atomic E-state index is 12.8. The number of ether oxygens (including phenoxy) is 2. The number of rotatable bonds is 6. The van der Waals surface area contributed by atoms with Gasteiger partial charge in [0.25, 0.3) is 5.91 Å². The fraction of sp³-hybridized carbons (Fsp3) is 0.176. The highest BCUT2D eigenvalue weighted by atomic mass is 32.1. The summed E-state index contributed by atoms with van der Waals surface area (Å²) < 4.78 is 46.6. The molecule has 2 aromatic carbocycles. The number of halogens is 3. The van der Waals surface area contributed by atoms with Crippen molar-refractivity contribution in [1.29, 1.82) is 0 Å². The van der Waals surface area contributed by atoms with Gasteiger partial charge in [0.2, 0.25) is 0 Å². The Labute approximate surface area is 158 Å². The van der Waals surface area contributed by atoms with Crippen LogP contribution in [-0.4, -0.2) is 23.7 Å². The predicted molar refractivity (Wildman–Crippen MR) is 97.1 cm³/mol. The third-order valence-corrected chi connectivity index (χ3v) is 3.34. The molecule has 1 atom stereocenters. The van der Waals surface area contributed by atoms with Gasteiger partial charge in [-0.3, -0.25) is 15.6 Å². The summed E-state index contributed by atoms with van der Waals surface area (Å²) in [5.74, 6) is -0.573. The van der Waals surface area contributed by atoms with Gasteiger partial charge >= 0.3 is 6.61 Å². The van der Waals surface area contributed by atoms with E-state index < -0.39 is 24.4 Å². The molecule has 3 N–H and O–H groups in total. The standard InChI is InChI=1S/C17H16F3N3O3S/c1-10(25-13-6-2-11(18)3-7-13)15(24)22-23-17(27)21-12-4-8-14(9-5-12)26-16(19)20/h2-10,16H,1H3,(H,22,24)(H2,21,23,27)/t10-/m1/s1. The van der Waals surface area contributed by atoms with Crippen LogP contribution in [0.5, 0.6) is 11.5 Å². The van der Waals surface area contributed by atoms with Gasteiger partial charge in [-0.05, 0) is 67.7 Å². The lowest BCUT2D eigenvalue weighted by atomic mass is 10.3. The van der Waals surface area contributed by atoms with Gasteiger partial charge in [0.1, 0.15) is 17.3 Å². The number of nitrogens with one attached hydrogen (secondary N) is 3. The van der Waals surface area contributed by atoms with Crippen molar-refractivity contribution < 1.29 is 27.4 Å². The van der Waals surface area contributed by atoms with E-state index in [1.807, 2.05) is 0 Å². The lowest BCUT2D eigenvalue weighted by Crippen LogP contribution is -2.48. The normalized spacial score (nSPS) is 11.4. The van der Waals surface area contributed by atoms with Gasteiger partial charge in [-0.15, -0.1) is 0 Å². The Kier molecular flexibility index (Phi) is 7.24. The zero-order valence-electron chi connectivity index (χ0n) is 14.0. The molecule has 0 saturated carbocycles. The summed E-state index contributed by atoms with van der Waals surface area (Å²) >= 11 is 5.02. The topological polar surface area (TPSA) is 71.6 Å². The highest BCUT2D eigenvalue weighted by molar-refractivity contribution is 7.80. The maximum Gasteiger partial charge on any atom is 0.387 e. The Morgan fingerprint density at radius 3 is 2.11 bits per heavy atom. The Morgan fingerprint density at radius 2 is 1.52 bits per heavy atom. The van der Waals surface area contributed by atoms with Crippen molar-refractivity contribution >= 4 is 28.9 Å². The number of alkyl halides is 2. The van der Waals surface area contributed by atoms with Crippen molar-refractivity contribution in [2.45, 2.75) is 19.6 Å². The molecule has 6 nitrogen and oxygen atoms in total. The molecule has 0 aromatic heterocycles. The molecule has 0 unspecified atom stereocenters. The van der Waals surface area contributed by atoms with Crippen LogP contribution >= 0.6 is 12.2 Å². The van der Waals surface area contributed by atoms with Crippen molar-refractivity contribution in [3.8, 4) is 11.5 Å². The van der Waals surface area contributed by atoms with Crippen LogP contribution in [0.4, 0.5) is 18.9 Å². The number of benzene rings is 2. The minimum absolute atomic E-state index is 0.00879. The Balaban J connectivity index is 1.76. The molecule has 0 fully saturated rings. The Bertz CT molecular complexity index is 773. The molecule has 0 aliphatic carbocycles. The highest BCUT2D eigenvalue weighted by Gasteiger charge is 2.15. The van der Waals surface area contributed by atoms with E-state index in [1.54, 1.807) is 0 Å². The molecule has 144 valence electrons. The van der Waals surface area contributed by atoms with Gasteiger partial charge in [-0.2, -0.15) is 8.78 Å². The average Bonchev–Trinajstić information content (AvgIpc) is 2.62. The molecule has 0 bridgehead atoms. The van der Waals surface area contributed by atoms with Gasteiger partial charge in [0.15, 0.2) is 11.2 Å². The third kappa shape index (κ3) is 7.02. The van der Waals surface area contributed by atoms with Crippen molar-refractivity contribution in [3.63, 3.8) is 0 Å². The van der Waals surface area contributed by atoms with E-state index in [-0.39, 0.29) is 10.9 Å². The number of hydrogen-bond acceptors (Lipinski definition) is 4. The molecule has 0 heterocycles. The largest absolute Gasteiger partial charge is 0.481 e. The number of hydrazine groups is 1. The SMILES string of the molecule is C[C@@H](Oc1ccc(F)cc1)C(=O)NNC(=S)Nc1ccc(OC(F)F)cc1. The molecule has 10 heteroatoms. The van der Waals surface area contributed by atoms with E-state index in [4.69, 9.17) is 17.0 Å². The van der Waals surface area contributed by atoms with E-state index in [1.165, 1.54) is 55.5 Å². The summed E-state index contributed by atoms with van der Waals surface area (Å²) in [5, 5.41) is 2.82. The number of thiocarbonyl (C=S) groups is 1. The minimum Gasteiger partial charge on any atom is -0.481 e. The fourth-order valence-corrected chi connectivity index (χ4v) is 2.04. The molecular formula is C17H16F3N3O3S. The average molecular weight is 399 g/mol. The van der Waals surface area contributed by atoms with E-state index in [0.717, 1.165) is 0 Å². The molecule has 1 amide bonds. The van der Waals surface area contributed by atoms with Gasteiger partial charge in [0.05, 0.1) is 0 Å². The number of carbonyl (C=O) groups is 1. The van der Waals surface area contributed by atoms with Gasteiger partial charge in [0, 0.05) is 5.69 Å². The first-order valence-corrected chi connectivity index (χ1v) is 8.08. The van der Waals surface area contributed by atoms with Crippen LogP contribution in [0.25, 0.3) is 0 Å². The van der Waals surface area contributed by atoms with Crippen LogP contribution in [0.2, 0.25) is 0 Å². The monoisotopic (exact) mass is 399 g/mol. The molecule has 27 heavy (non-hydrogen) atoms. The second kappa shape index (κ2) is 9.62. The van der Waals surface area contributed by atoms with Crippen LogP contribution < -0.4 is 25.6 Å². The number of carbonyl (C=O) groups excluding carboxylic acids is 1.